The topological polar surface area (TPSA) is 113 Å². The first-order valence-corrected chi connectivity index (χ1v) is 14.3. The van der Waals surface area contributed by atoms with Crippen LogP contribution in [0.5, 0.6) is 11.5 Å². The van der Waals surface area contributed by atoms with Crippen LogP contribution in [0.3, 0.4) is 0 Å². The van der Waals surface area contributed by atoms with Crippen LogP contribution in [0.25, 0.3) is 0 Å². The van der Waals surface area contributed by atoms with Crippen LogP contribution >= 0.6 is 19.6 Å². The second kappa shape index (κ2) is 12.9. The largest absolute Gasteiger partial charge is 0.507 e. The zero-order valence-electron chi connectivity index (χ0n) is 20.5. The molecule has 0 aliphatic heterocycles. The highest BCUT2D eigenvalue weighted by Gasteiger charge is 2.34. The van der Waals surface area contributed by atoms with Gasteiger partial charge in [-0.25, -0.2) is 9.36 Å². The summed E-state index contributed by atoms with van der Waals surface area (Å²) in [5.74, 6) is -0.491. The first-order chi connectivity index (χ1) is 16.0. The number of phosphoric acid groups is 1. The second-order valence-electron chi connectivity index (χ2n) is 8.82. The number of hydrogen-bond donors (Lipinski definition) is 3. The highest BCUT2D eigenvalue weighted by atomic mass is 32.2. The third-order valence-corrected chi connectivity index (χ3v) is 7.47. The van der Waals surface area contributed by atoms with Crippen molar-refractivity contribution in [3.63, 3.8) is 0 Å². The van der Waals surface area contributed by atoms with E-state index < -0.39 is 19.2 Å². The number of aromatic hydroxyl groups is 1. The Bertz CT molecular complexity index is 953. The molecule has 34 heavy (non-hydrogen) atoms. The van der Waals surface area contributed by atoms with E-state index in [4.69, 9.17) is 4.74 Å². The molecule has 1 unspecified atom stereocenters. The summed E-state index contributed by atoms with van der Waals surface area (Å²) < 4.78 is 21.8. The summed E-state index contributed by atoms with van der Waals surface area (Å²) in [6.45, 7) is 12.0. The highest BCUT2D eigenvalue weighted by molar-refractivity contribution is 8.00. The van der Waals surface area contributed by atoms with E-state index in [1.54, 1.807) is 19.1 Å². The number of aryl methyl sites for hydroxylation is 1. The van der Waals surface area contributed by atoms with Gasteiger partial charge in [0.05, 0.1) is 0 Å². The lowest BCUT2D eigenvalue weighted by Gasteiger charge is -2.32. The van der Waals surface area contributed by atoms with Gasteiger partial charge in [0, 0.05) is 11.5 Å². The number of unbranched alkanes of at least 4 members (excludes halogenated alkanes) is 2. The molecule has 0 aromatic heterocycles. The molecule has 1 aliphatic carbocycles. The molecule has 3 N–H and O–H groups in total. The fourth-order valence-corrected chi connectivity index (χ4v) is 5.69. The van der Waals surface area contributed by atoms with Gasteiger partial charge in [0.25, 0.3) is 0 Å². The smallest absolute Gasteiger partial charge is 0.471 e. The zero-order chi connectivity index (χ0) is 25.5. The molecule has 1 aromatic rings. The van der Waals surface area contributed by atoms with E-state index in [9.17, 15) is 24.3 Å². The molecular formula is C25H37O7PS. The Morgan fingerprint density at radius 3 is 2.59 bits per heavy atom. The summed E-state index contributed by atoms with van der Waals surface area (Å²) in [7, 11) is -4.91. The quantitative estimate of drug-likeness (QED) is 0.0754. The molecule has 0 saturated carbocycles. The first-order valence-electron chi connectivity index (χ1n) is 11.7. The lowest BCUT2D eigenvalue weighted by Crippen LogP contribution is -2.26. The van der Waals surface area contributed by atoms with Crippen molar-refractivity contribution in [3.05, 3.63) is 47.1 Å². The van der Waals surface area contributed by atoms with Crippen LogP contribution in [-0.2, 0) is 20.3 Å². The minimum absolute atomic E-state index is 0.0367. The SMILES string of the molecule is C=C(C)[C@@H]1CCC(C)=C[C@H]1c1c(O)cc(CCCCC)cc1OC(=O)C(OP(=O)(O)O)SCC. The summed E-state index contributed by atoms with van der Waals surface area (Å²) in [4.78, 5) is 31.4. The van der Waals surface area contributed by atoms with Crippen LogP contribution in [0.2, 0.25) is 0 Å². The minimum Gasteiger partial charge on any atom is -0.507 e. The molecule has 0 fully saturated rings. The van der Waals surface area contributed by atoms with Crippen LogP contribution in [0.4, 0.5) is 0 Å². The molecule has 0 amide bonds. The monoisotopic (exact) mass is 512 g/mol. The number of benzene rings is 1. The number of allylic oxidation sites excluding steroid dienone is 3. The fraction of sp³-hybridized carbons (Fsp3) is 0.560. The van der Waals surface area contributed by atoms with Gasteiger partial charge in [0.15, 0.2) is 0 Å². The number of phenolic OH excluding ortho intramolecular Hbond substituents is 1. The number of esters is 1. The van der Waals surface area contributed by atoms with E-state index in [1.165, 1.54) is 5.57 Å². The van der Waals surface area contributed by atoms with Crippen LogP contribution in [0.15, 0.2) is 35.9 Å². The predicted molar refractivity (Wildman–Crippen MR) is 136 cm³/mol. The van der Waals surface area contributed by atoms with Gasteiger partial charge in [-0.15, -0.1) is 11.8 Å². The maximum Gasteiger partial charge on any atom is 0.471 e. The van der Waals surface area contributed by atoms with Gasteiger partial charge < -0.3 is 19.6 Å². The van der Waals surface area contributed by atoms with Crippen molar-refractivity contribution in [2.75, 3.05) is 5.75 Å². The van der Waals surface area contributed by atoms with Crippen molar-refractivity contribution in [3.8, 4) is 11.5 Å². The van der Waals surface area contributed by atoms with Gasteiger partial charge in [0.1, 0.15) is 11.5 Å². The van der Waals surface area contributed by atoms with Crippen LogP contribution in [0.1, 0.15) is 76.8 Å². The van der Waals surface area contributed by atoms with E-state index in [1.807, 2.05) is 13.8 Å². The normalized spacial score (nSPS) is 19.4. The molecule has 7 nitrogen and oxygen atoms in total. The lowest BCUT2D eigenvalue weighted by molar-refractivity contribution is -0.138. The molecular weight excluding hydrogens is 475 g/mol. The van der Waals surface area contributed by atoms with Crippen molar-refractivity contribution in [1.29, 1.82) is 0 Å². The zero-order valence-corrected chi connectivity index (χ0v) is 22.2. The Morgan fingerprint density at radius 2 is 2.00 bits per heavy atom. The van der Waals surface area contributed by atoms with E-state index in [0.29, 0.717) is 17.7 Å². The van der Waals surface area contributed by atoms with Gasteiger partial charge in [-0.1, -0.05) is 50.5 Å². The maximum atomic E-state index is 13.0. The Morgan fingerprint density at radius 1 is 1.29 bits per heavy atom. The molecule has 190 valence electrons. The predicted octanol–water partition coefficient (Wildman–Crippen LogP) is 6.23. The van der Waals surface area contributed by atoms with Gasteiger partial charge in [-0.05, 0) is 68.9 Å². The standard InChI is InChI=1S/C25H37O7PS/c1-6-8-9-10-18-14-21(26)23(20-13-17(5)11-12-19(20)16(3)4)22(15-18)31-24(27)25(34-7-2)32-33(28,29)30/h13-15,19-20,25-26H,3,6-12H2,1-2,4-5H3,(H2,28,29,30)/t19-,20+,25?/m0/s1. The average molecular weight is 513 g/mol. The summed E-state index contributed by atoms with van der Waals surface area (Å²) in [5, 5.41) is 11.1. The van der Waals surface area contributed by atoms with Crippen LogP contribution in [-0.4, -0.2) is 32.1 Å². The Kier molecular flexibility index (Phi) is 10.9. The van der Waals surface area contributed by atoms with Crippen molar-refractivity contribution in [2.45, 2.75) is 77.6 Å². The molecule has 1 aromatic carbocycles. The van der Waals surface area contributed by atoms with Crippen LogP contribution in [0, 0.1) is 5.92 Å². The second-order valence-corrected chi connectivity index (χ2v) is 11.3. The molecule has 0 saturated heterocycles. The number of rotatable bonds is 12. The van der Waals surface area contributed by atoms with Gasteiger partial charge in [-0.2, -0.15) is 0 Å². The van der Waals surface area contributed by atoms with E-state index in [0.717, 1.165) is 55.0 Å². The molecule has 0 radical (unpaired) electrons. The molecule has 9 heteroatoms. The molecule has 0 bridgehead atoms. The molecule has 2 rings (SSSR count). The van der Waals surface area contributed by atoms with E-state index in [2.05, 4.69) is 24.1 Å². The number of hydrogen-bond acceptors (Lipinski definition) is 6. The first kappa shape index (κ1) is 28.7. The fourth-order valence-electron chi connectivity index (χ4n) is 4.29. The van der Waals surface area contributed by atoms with Crippen molar-refractivity contribution >= 4 is 25.6 Å². The molecule has 0 heterocycles. The summed E-state index contributed by atoms with van der Waals surface area (Å²) in [6.07, 6.45) is 7.58. The molecule has 1 aliphatic rings. The Hall–Kier alpha value is -1.57. The highest BCUT2D eigenvalue weighted by Crippen LogP contribution is 2.47. The van der Waals surface area contributed by atoms with Gasteiger partial charge in [0.2, 0.25) is 5.44 Å². The number of ether oxygens (including phenoxy) is 1. The average Bonchev–Trinajstić information content (AvgIpc) is 2.72. The Labute approximate surface area is 206 Å². The van der Waals surface area contributed by atoms with Crippen LogP contribution < -0.4 is 4.74 Å². The van der Waals surface area contributed by atoms with E-state index in [-0.39, 0.29) is 23.3 Å². The van der Waals surface area contributed by atoms with Gasteiger partial charge in [-0.3, -0.25) is 4.52 Å². The number of thioether (sulfide) groups is 1. The summed E-state index contributed by atoms with van der Waals surface area (Å²) in [6, 6.07) is 3.47. The van der Waals surface area contributed by atoms with Crippen molar-refractivity contribution in [2.24, 2.45) is 5.92 Å². The third kappa shape index (κ3) is 8.28. The number of phosphoric ester groups is 1. The molecule has 3 atom stereocenters. The minimum atomic E-state index is -4.91. The maximum absolute atomic E-state index is 13.0. The summed E-state index contributed by atoms with van der Waals surface area (Å²) >= 11 is 0.926. The number of carbonyl (C=O) groups is 1. The summed E-state index contributed by atoms with van der Waals surface area (Å²) in [5.41, 5.74) is 1.97. The third-order valence-electron chi connectivity index (χ3n) is 5.92. The lowest BCUT2D eigenvalue weighted by atomic mass is 9.73. The number of carbonyl (C=O) groups excluding carboxylic acids is 1. The van der Waals surface area contributed by atoms with Crippen molar-refractivity contribution < 1.29 is 33.5 Å². The Balaban J connectivity index is 2.53. The number of phenols is 1. The molecule has 0 spiro atoms. The van der Waals surface area contributed by atoms with Gasteiger partial charge >= 0.3 is 13.8 Å². The van der Waals surface area contributed by atoms with Crippen molar-refractivity contribution in [1.82, 2.24) is 0 Å². The van der Waals surface area contributed by atoms with E-state index >= 15 is 0 Å².